The highest BCUT2D eigenvalue weighted by atomic mass is 16.6. The van der Waals surface area contributed by atoms with Gasteiger partial charge in [0.25, 0.3) is 0 Å². The summed E-state index contributed by atoms with van der Waals surface area (Å²) < 4.78 is 16.8. The smallest absolute Gasteiger partial charge is 0.306 e. The van der Waals surface area contributed by atoms with E-state index in [0.29, 0.717) is 19.3 Å². The first-order valence-corrected chi connectivity index (χ1v) is 29.1. The van der Waals surface area contributed by atoms with Gasteiger partial charge in [-0.3, -0.25) is 14.4 Å². The Morgan fingerprint density at radius 1 is 0.310 bits per heavy atom. The minimum atomic E-state index is -0.820. The zero-order valence-corrected chi connectivity index (χ0v) is 45.9. The number of esters is 3. The van der Waals surface area contributed by atoms with Crippen LogP contribution in [0.1, 0.15) is 252 Å². The molecule has 71 heavy (non-hydrogen) atoms. The molecule has 0 saturated heterocycles. The van der Waals surface area contributed by atoms with Crippen LogP contribution in [0.3, 0.4) is 0 Å². The summed E-state index contributed by atoms with van der Waals surface area (Å²) in [4.78, 5) is 38.2. The average Bonchev–Trinajstić information content (AvgIpc) is 3.37. The van der Waals surface area contributed by atoms with Crippen LogP contribution in [0.2, 0.25) is 0 Å². The molecular formula is C65H106O6. The number of allylic oxidation sites excluding steroid dienone is 20. The number of rotatable bonds is 51. The molecule has 0 aliphatic heterocycles. The molecule has 0 aromatic rings. The monoisotopic (exact) mass is 983 g/mol. The molecule has 6 nitrogen and oxygen atoms in total. The zero-order chi connectivity index (χ0) is 51.4. The third kappa shape index (κ3) is 56.6. The van der Waals surface area contributed by atoms with Crippen molar-refractivity contribution in [2.75, 3.05) is 13.2 Å². The fourth-order valence-corrected chi connectivity index (χ4v) is 7.66. The molecule has 0 N–H and O–H groups in total. The minimum absolute atomic E-state index is 0.114. The molecule has 0 aliphatic carbocycles. The summed E-state index contributed by atoms with van der Waals surface area (Å²) in [5.74, 6) is -1.00. The van der Waals surface area contributed by atoms with Gasteiger partial charge < -0.3 is 14.2 Å². The third-order valence-electron chi connectivity index (χ3n) is 12.0. The molecule has 0 amide bonds. The van der Waals surface area contributed by atoms with Gasteiger partial charge in [0.05, 0.1) is 0 Å². The van der Waals surface area contributed by atoms with Gasteiger partial charge in [0.15, 0.2) is 6.10 Å². The van der Waals surface area contributed by atoms with E-state index in [1.807, 2.05) is 0 Å². The first-order chi connectivity index (χ1) is 35.0. The molecule has 0 saturated carbocycles. The first-order valence-electron chi connectivity index (χ1n) is 29.1. The molecule has 6 heteroatoms. The second-order valence-corrected chi connectivity index (χ2v) is 18.9. The van der Waals surface area contributed by atoms with E-state index in [0.717, 1.165) is 116 Å². The molecule has 0 heterocycles. The number of unbranched alkanes of at least 4 members (excludes halogenated alkanes) is 23. The van der Waals surface area contributed by atoms with E-state index in [9.17, 15) is 14.4 Å². The molecule has 402 valence electrons. The third-order valence-corrected chi connectivity index (χ3v) is 12.0. The van der Waals surface area contributed by atoms with E-state index >= 15 is 0 Å². The van der Waals surface area contributed by atoms with Gasteiger partial charge >= 0.3 is 17.9 Å². The molecule has 0 aliphatic rings. The summed E-state index contributed by atoms with van der Waals surface area (Å²) >= 11 is 0. The standard InChI is InChI=1S/C65H106O6/c1-4-7-10-13-16-19-22-25-28-31-34-37-40-43-46-49-52-55-58-64(67)70-61-62(60-69-63(66)57-54-51-48-45-42-39-36-33-30-27-24-21-18-15-12-9-6-3)71-65(68)59-56-53-50-47-44-41-38-35-32-29-26-23-20-17-14-11-8-5-2/h9,12,16,18-19,21-22,25,27-28,30-31,34-39,45,48,62H,4-8,10-11,13-15,17,20,23-24,26,29,32-33,40-44,46-47,49-61H2,1-3H3/b12-9-,19-16-,21-18-,25-22-,30-27-,31-28-,37-34-,38-35-,39-36-,48-45-. The van der Waals surface area contributed by atoms with Gasteiger partial charge in [0.1, 0.15) is 13.2 Å². The van der Waals surface area contributed by atoms with Crippen molar-refractivity contribution in [2.24, 2.45) is 0 Å². The summed E-state index contributed by atoms with van der Waals surface area (Å²) in [7, 11) is 0. The Morgan fingerprint density at radius 2 is 0.620 bits per heavy atom. The van der Waals surface area contributed by atoms with E-state index in [1.54, 1.807) is 0 Å². The topological polar surface area (TPSA) is 78.9 Å². The van der Waals surface area contributed by atoms with Gasteiger partial charge in [0.2, 0.25) is 0 Å². The van der Waals surface area contributed by atoms with Gasteiger partial charge in [-0.15, -0.1) is 0 Å². The second-order valence-electron chi connectivity index (χ2n) is 18.9. The van der Waals surface area contributed by atoms with E-state index in [-0.39, 0.29) is 37.5 Å². The second kappa shape index (κ2) is 58.4. The lowest BCUT2D eigenvalue weighted by Gasteiger charge is -2.18. The van der Waals surface area contributed by atoms with Crippen LogP contribution in [0, 0.1) is 0 Å². The fraction of sp³-hybridized carbons (Fsp3) is 0.646. The lowest BCUT2D eigenvalue weighted by atomic mass is 10.1. The van der Waals surface area contributed by atoms with E-state index in [2.05, 4.69) is 142 Å². The minimum Gasteiger partial charge on any atom is -0.462 e. The Morgan fingerprint density at radius 3 is 1.08 bits per heavy atom. The molecule has 0 fully saturated rings. The fourth-order valence-electron chi connectivity index (χ4n) is 7.66. The van der Waals surface area contributed by atoms with E-state index in [1.165, 1.54) is 89.9 Å². The largest absolute Gasteiger partial charge is 0.462 e. The van der Waals surface area contributed by atoms with Crippen LogP contribution in [0.15, 0.2) is 122 Å². The van der Waals surface area contributed by atoms with Gasteiger partial charge in [-0.25, -0.2) is 0 Å². The predicted molar refractivity (Wildman–Crippen MR) is 306 cm³/mol. The Labute approximate surface area is 437 Å². The van der Waals surface area contributed by atoms with Gasteiger partial charge in [-0.1, -0.05) is 245 Å². The van der Waals surface area contributed by atoms with Crippen molar-refractivity contribution < 1.29 is 28.6 Å². The van der Waals surface area contributed by atoms with Crippen LogP contribution in [0.4, 0.5) is 0 Å². The van der Waals surface area contributed by atoms with Crippen molar-refractivity contribution in [2.45, 2.75) is 258 Å². The van der Waals surface area contributed by atoms with Crippen molar-refractivity contribution in [1.82, 2.24) is 0 Å². The molecule has 0 rings (SSSR count). The number of carbonyl (C=O) groups is 3. The number of ether oxygens (including phenoxy) is 3. The highest BCUT2D eigenvalue weighted by Gasteiger charge is 2.19. The van der Waals surface area contributed by atoms with Crippen LogP contribution in [-0.2, 0) is 28.6 Å². The van der Waals surface area contributed by atoms with Crippen LogP contribution in [0.25, 0.3) is 0 Å². The van der Waals surface area contributed by atoms with Gasteiger partial charge in [0, 0.05) is 19.3 Å². The van der Waals surface area contributed by atoms with Crippen LogP contribution >= 0.6 is 0 Å². The van der Waals surface area contributed by atoms with Crippen molar-refractivity contribution in [3.63, 3.8) is 0 Å². The summed E-state index contributed by atoms with van der Waals surface area (Å²) in [5, 5.41) is 0. The van der Waals surface area contributed by atoms with E-state index < -0.39 is 6.10 Å². The molecular weight excluding hydrogens is 877 g/mol. The first kappa shape index (κ1) is 66.8. The maximum absolute atomic E-state index is 12.9. The lowest BCUT2D eigenvalue weighted by molar-refractivity contribution is -0.167. The normalized spacial score (nSPS) is 13.0. The maximum Gasteiger partial charge on any atom is 0.306 e. The van der Waals surface area contributed by atoms with Gasteiger partial charge in [-0.2, -0.15) is 0 Å². The predicted octanol–water partition coefficient (Wildman–Crippen LogP) is 19.6. The Hall–Kier alpha value is -4.19. The molecule has 0 aromatic heterocycles. The van der Waals surface area contributed by atoms with Crippen molar-refractivity contribution in [1.29, 1.82) is 0 Å². The number of hydrogen-bond acceptors (Lipinski definition) is 6. The van der Waals surface area contributed by atoms with Crippen molar-refractivity contribution in [3.8, 4) is 0 Å². The lowest BCUT2D eigenvalue weighted by Crippen LogP contribution is -2.30. The SMILES string of the molecule is CC/C=C\C/C=C\C/C=C\C/C=C\C/C=C\CCCC(=O)OCC(COC(=O)CCCCCCC\C=C/C=C\C=C/C=C\CCCCC)OC(=O)CCCCCCC/C=C\CCCCCCCCCCC. The number of carbonyl (C=O) groups excluding carboxylic acids is 3. The summed E-state index contributed by atoms with van der Waals surface area (Å²) in [5.41, 5.74) is 0. The molecule has 1 atom stereocenters. The molecule has 0 radical (unpaired) electrons. The van der Waals surface area contributed by atoms with Crippen LogP contribution in [0.5, 0.6) is 0 Å². The Balaban J connectivity index is 4.55. The Bertz CT molecular complexity index is 1500. The molecule has 0 aromatic carbocycles. The van der Waals surface area contributed by atoms with Crippen LogP contribution in [-0.4, -0.2) is 37.2 Å². The Kier molecular flexibility index (Phi) is 54.9. The molecule has 1 unspecified atom stereocenters. The van der Waals surface area contributed by atoms with Crippen molar-refractivity contribution >= 4 is 17.9 Å². The van der Waals surface area contributed by atoms with E-state index in [4.69, 9.17) is 14.2 Å². The quantitative estimate of drug-likeness (QED) is 0.0199. The molecule has 0 bridgehead atoms. The van der Waals surface area contributed by atoms with Crippen molar-refractivity contribution in [3.05, 3.63) is 122 Å². The summed E-state index contributed by atoms with van der Waals surface area (Å²) in [6, 6.07) is 0. The maximum atomic E-state index is 12.9. The average molecular weight is 984 g/mol. The summed E-state index contributed by atoms with van der Waals surface area (Å²) in [6.07, 6.45) is 80.4. The summed E-state index contributed by atoms with van der Waals surface area (Å²) in [6.45, 7) is 6.41. The molecule has 0 spiro atoms. The zero-order valence-electron chi connectivity index (χ0n) is 45.9. The van der Waals surface area contributed by atoms with Gasteiger partial charge in [-0.05, 0) is 109 Å². The van der Waals surface area contributed by atoms with Crippen LogP contribution < -0.4 is 0 Å². The highest BCUT2D eigenvalue weighted by molar-refractivity contribution is 5.71. The number of hydrogen-bond donors (Lipinski definition) is 0. The highest BCUT2D eigenvalue weighted by Crippen LogP contribution is 2.14.